The summed E-state index contributed by atoms with van der Waals surface area (Å²) in [6, 6.07) is 19.0. The smallest absolute Gasteiger partial charge is 0.229 e. The summed E-state index contributed by atoms with van der Waals surface area (Å²) in [6.07, 6.45) is 3.47. The van der Waals surface area contributed by atoms with E-state index in [4.69, 9.17) is 26.3 Å². The maximum Gasteiger partial charge on any atom is 0.229 e. The fraction of sp³-hybridized carbons (Fsp3) is 0.375. The predicted octanol–water partition coefficient (Wildman–Crippen LogP) is 5.40. The lowest BCUT2D eigenvalue weighted by Crippen LogP contribution is -2.52. The van der Waals surface area contributed by atoms with Crippen LogP contribution in [0.2, 0.25) is 5.02 Å². The van der Waals surface area contributed by atoms with E-state index in [0.29, 0.717) is 39.8 Å². The third kappa shape index (κ3) is 6.71. The Morgan fingerprint density at radius 1 is 0.886 bits per heavy atom. The molecule has 0 spiro atoms. The minimum absolute atomic E-state index is 0.129. The molecule has 3 heterocycles. The second-order valence-electron chi connectivity index (χ2n) is 11.5. The molecule has 3 aromatic carbocycles. The molecule has 0 radical (unpaired) electrons. The number of piperazine rings is 1. The van der Waals surface area contributed by atoms with Crippen LogP contribution in [0.4, 0.5) is 28.8 Å². The first-order valence-electron chi connectivity index (χ1n) is 14.8. The number of rotatable bonds is 8. The van der Waals surface area contributed by atoms with Gasteiger partial charge < -0.3 is 25.2 Å². The second kappa shape index (κ2) is 12.8. The van der Waals surface area contributed by atoms with Crippen LogP contribution in [0.3, 0.4) is 0 Å². The lowest BCUT2D eigenvalue weighted by Gasteiger charge is -2.42. The Hall–Kier alpha value is -3.64. The first-order chi connectivity index (χ1) is 21.2. The van der Waals surface area contributed by atoms with Gasteiger partial charge in [0, 0.05) is 73.7 Å². The van der Waals surface area contributed by atoms with Gasteiger partial charge in [-0.05, 0) is 62.4 Å². The molecule has 2 aliphatic heterocycles. The third-order valence-corrected chi connectivity index (χ3v) is 9.90. The standard InChI is InChI=1S/C32H38ClN7O3S/c1-38-16-18-40(19-17-38)23-12-14-39(15-13-23)24-9-10-27(29(21-24)43-2)36-32-35-26-7-5-4-6-25(26)31(37-32)34-28-20-22(33)8-11-30(28)44(3,41)42/h4-11,20-21,23H,12-19H2,1-3H3,(H2,34,35,36,37). The number of hydrogen-bond donors (Lipinski definition) is 2. The Labute approximate surface area is 263 Å². The number of piperidine rings is 1. The van der Waals surface area contributed by atoms with Crippen molar-refractivity contribution in [2.75, 3.05) is 75.2 Å². The molecule has 1 aromatic heterocycles. The molecule has 0 atom stereocenters. The van der Waals surface area contributed by atoms with Gasteiger partial charge in [-0.2, -0.15) is 4.98 Å². The maximum absolute atomic E-state index is 12.5. The number of sulfone groups is 1. The number of nitrogens with zero attached hydrogens (tertiary/aromatic N) is 5. The summed E-state index contributed by atoms with van der Waals surface area (Å²) in [5.74, 6) is 1.47. The number of para-hydroxylation sites is 1. The topological polar surface area (TPSA) is 103 Å². The van der Waals surface area contributed by atoms with E-state index >= 15 is 0 Å². The molecule has 232 valence electrons. The summed E-state index contributed by atoms with van der Waals surface area (Å²) in [5, 5.41) is 7.67. The number of methoxy groups -OCH3 is 1. The third-order valence-electron chi connectivity index (χ3n) is 8.51. The number of ether oxygens (including phenoxy) is 1. The fourth-order valence-corrected chi connectivity index (χ4v) is 7.05. The highest BCUT2D eigenvalue weighted by molar-refractivity contribution is 7.90. The van der Waals surface area contributed by atoms with Gasteiger partial charge in [0.1, 0.15) is 11.6 Å². The molecule has 0 saturated carbocycles. The number of anilines is 5. The number of benzene rings is 3. The highest BCUT2D eigenvalue weighted by Crippen LogP contribution is 2.35. The van der Waals surface area contributed by atoms with Crippen molar-refractivity contribution in [2.24, 2.45) is 0 Å². The van der Waals surface area contributed by atoms with E-state index in [-0.39, 0.29) is 4.90 Å². The normalized spacial score (nSPS) is 17.1. The summed E-state index contributed by atoms with van der Waals surface area (Å²) in [5.41, 5.74) is 2.88. The van der Waals surface area contributed by atoms with Gasteiger partial charge in [0.2, 0.25) is 5.95 Å². The van der Waals surface area contributed by atoms with Crippen molar-refractivity contribution in [3.05, 3.63) is 65.7 Å². The minimum Gasteiger partial charge on any atom is -0.494 e. The van der Waals surface area contributed by atoms with Gasteiger partial charge in [0.15, 0.2) is 9.84 Å². The second-order valence-corrected chi connectivity index (χ2v) is 13.9. The Bertz CT molecular complexity index is 1750. The SMILES string of the molecule is COc1cc(N2CCC(N3CCN(C)CC3)CC2)ccc1Nc1nc(Nc2cc(Cl)ccc2S(C)(=O)=O)c2ccccc2n1. The molecule has 6 rings (SSSR count). The molecule has 0 aliphatic carbocycles. The number of aromatic nitrogens is 2. The molecule has 2 saturated heterocycles. The molecule has 2 fully saturated rings. The summed E-state index contributed by atoms with van der Waals surface area (Å²) >= 11 is 6.24. The Balaban J connectivity index is 1.23. The molecule has 0 amide bonds. The number of nitrogens with one attached hydrogen (secondary N) is 2. The van der Waals surface area contributed by atoms with E-state index in [1.807, 2.05) is 30.3 Å². The number of halogens is 1. The van der Waals surface area contributed by atoms with Gasteiger partial charge in [-0.1, -0.05) is 23.7 Å². The largest absolute Gasteiger partial charge is 0.494 e. The number of likely N-dealkylation sites (N-methyl/N-ethyl adjacent to an activating group) is 1. The zero-order chi connectivity index (χ0) is 30.8. The first kappa shape index (κ1) is 30.4. The van der Waals surface area contributed by atoms with Gasteiger partial charge >= 0.3 is 0 Å². The molecule has 44 heavy (non-hydrogen) atoms. The zero-order valence-corrected chi connectivity index (χ0v) is 26.8. The van der Waals surface area contributed by atoms with Crippen molar-refractivity contribution < 1.29 is 13.2 Å². The Kier molecular flexibility index (Phi) is 8.82. The van der Waals surface area contributed by atoms with Crippen LogP contribution in [0.25, 0.3) is 10.9 Å². The van der Waals surface area contributed by atoms with Crippen LogP contribution in [0.5, 0.6) is 5.75 Å². The van der Waals surface area contributed by atoms with Crippen molar-refractivity contribution in [3.8, 4) is 5.75 Å². The summed E-state index contributed by atoms with van der Waals surface area (Å²) < 4.78 is 30.8. The molecule has 12 heteroatoms. The van der Waals surface area contributed by atoms with E-state index < -0.39 is 9.84 Å². The zero-order valence-electron chi connectivity index (χ0n) is 25.3. The van der Waals surface area contributed by atoms with Crippen molar-refractivity contribution in [1.82, 2.24) is 19.8 Å². The lowest BCUT2D eigenvalue weighted by molar-refractivity contribution is 0.0982. The summed E-state index contributed by atoms with van der Waals surface area (Å²) in [4.78, 5) is 17.1. The van der Waals surface area contributed by atoms with Crippen molar-refractivity contribution in [1.29, 1.82) is 0 Å². The average Bonchev–Trinajstić information content (AvgIpc) is 3.01. The van der Waals surface area contributed by atoms with E-state index in [1.165, 1.54) is 6.07 Å². The monoisotopic (exact) mass is 635 g/mol. The fourth-order valence-electron chi connectivity index (χ4n) is 6.06. The highest BCUT2D eigenvalue weighted by Gasteiger charge is 2.27. The maximum atomic E-state index is 12.5. The molecule has 2 N–H and O–H groups in total. The van der Waals surface area contributed by atoms with Crippen molar-refractivity contribution in [2.45, 2.75) is 23.8 Å². The molecule has 10 nitrogen and oxygen atoms in total. The van der Waals surface area contributed by atoms with Crippen LogP contribution >= 0.6 is 11.6 Å². The van der Waals surface area contributed by atoms with Crippen LogP contribution in [-0.2, 0) is 9.84 Å². The highest BCUT2D eigenvalue weighted by atomic mass is 35.5. The molecule has 0 unspecified atom stereocenters. The average molecular weight is 636 g/mol. The lowest BCUT2D eigenvalue weighted by atomic mass is 10.0. The summed E-state index contributed by atoms with van der Waals surface area (Å²) in [6.45, 7) is 6.62. The molecular weight excluding hydrogens is 598 g/mol. The van der Waals surface area contributed by atoms with Gasteiger partial charge in [-0.25, -0.2) is 13.4 Å². The number of hydrogen-bond acceptors (Lipinski definition) is 10. The first-order valence-corrected chi connectivity index (χ1v) is 17.1. The van der Waals surface area contributed by atoms with Crippen LogP contribution in [-0.4, -0.2) is 93.9 Å². The molecule has 2 aliphatic rings. The van der Waals surface area contributed by atoms with E-state index in [0.717, 1.165) is 75.1 Å². The van der Waals surface area contributed by atoms with E-state index in [2.05, 4.69) is 44.5 Å². The molecule has 4 aromatic rings. The predicted molar refractivity (Wildman–Crippen MR) is 178 cm³/mol. The summed E-state index contributed by atoms with van der Waals surface area (Å²) in [7, 11) is 0.336. The van der Waals surface area contributed by atoms with Gasteiger partial charge in [0.25, 0.3) is 0 Å². The Morgan fingerprint density at radius 2 is 1.64 bits per heavy atom. The van der Waals surface area contributed by atoms with Crippen LogP contribution in [0.1, 0.15) is 12.8 Å². The minimum atomic E-state index is -3.52. The van der Waals surface area contributed by atoms with Crippen LogP contribution in [0, 0.1) is 0 Å². The van der Waals surface area contributed by atoms with Crippen molar-refractivity contribution in [3.63, 3.8) is 0 Å². The number of fused-ring (bicyclic) bond motifs is 1. The van der Waals surface area contributed by atoms with Crippen LogP contribution in [0.15, 0.2) is 65.6 Å². The van der Waals surface area contributed by atoms with Gasteiger partial charge in [0.05, 0.1) is 28.9 Å². The quantitative estimate of drug-likeness (QED) is 0.262. The molecule has 0 bridgehead atoms. The Morgan fingerprint density at radius 3 is 2.36 bits per heavy atom. The van der Waals surface area contributed by atoms with E-state index in [1.54, 1.807) is 19.2 Å². The van der Waals surface area contributed by atoms with Crippen molar-refractivity contribution >= 4 is 61.2 Å². The van der Waals surface area contributed by atoms with Gasteiger partial charge in [-0.15, -0.1) is 0 Å². The molecular formula is C32H38ClN7O3S. The van der Waals surface area contributed by atoms with Crippen LogP contribution < -0.4 is 20.3 Å². The van der Waals surface area contributed by atoms with E-state index in [9.17, 15) is 8.42 Å². The van der Waals surface area contributed by atoms with Gasteiger partial charge in [-0.3, -0.25) is 4.90 Å².